The Bertz CT molecular complexity index is 323. The molecule has 2 rings (SSSR count). The molecule has 0 amide bonds. The monoisotopic (exact) mass is 217 g/mol. The molecule has 70 valence electrons. The summed E-state index contributed by atoms with van der Waals surface area (Å²) >= 11 is 11.7. The van der Waals surface area contributed by atoms with E-state index in [-0.39, 0.29) is 6.04 Å². The summed E-state index contributed by atoms with van der Waals surface area (Å²) in [5, 5.41) is 1.08. The maximum absolute atomic E-state index is 5.95. The number of anilines is 1. The molecule has 2 heterocycles. The predicted molar refractivity (Wildman–Crippen MR) is 54.4 cm³/mol. The average molecular weight is 218 g/mol. The molecule has 0 unspecified atom stereocenters. The first-order chi connectivity index (χ1) is 6.16. The van der Waals surface area contributed by atoms with E-state index in [1.807, 2.05) is 0 Å². The lowest BCUT2D eigenvalue weighted by atomic mass is 10.1. The van der Waals surface area contributed by atoms with E-state index in [1.54, 1.807) is 12.3 Å². The Morgan fingerprint density at radius 1 is 1.46 bits per heavy atom. The van der Waals surface area contributed by atoms with Crippen molar-refractivity contribution < 1.29 is 0 Å². The van der Waals surface area contributed by atoms with Crippen LogP contribution in [0, 0.1) is 0 Å². The molecule has 0 atom stereocenters. The summed E-state index contributed by atoms with van der Waals surface area (Å²) in [4.78, 5) is 5.96. The first kappa shape index (κ1) is 9.06. The molecule has 0 saturated carbocycles. The van der Waals surface area contributed by atoms with E-state index in [0.717, 1.165) is 18.8 Å². The molecule has 0 radical (unpaired) electrons. The van der Waals surface area contributed by atoms with Crippen LogP contribution in [0.15, 0.2) is 12.3 Å². The smallest absolute Gasteiger partial charge is 0.131 e. The van der Waals surface area contributed by atoms with Gasteiger partial charge in [-0.25, -0.2) is 4.98 Å². The molecule has 1 aliphatic heterocycles. The summed E-state index contributed by atoms with van der Waals surface area (Å²) < 4.78 is 0. The van der Waals surface area contributed by atoms with Gasteiger partial charge < -0.3 is 10.6 Å². The molecule has 5 heteroatoms. The lowest BCUT2D eigenvalue weighted by Crippen LogP contribution is -2.56. The third kappa shape index (κ3) is 1.73. The van der Waals surface area contributed by atoms with E-state index < -0.39 is 0 Å². The fourth-order valence-electron chi connectivity index (χ4n) is 1.36. The molecule has 0 bridgehead atoms. The zero-order valence-electron chi connectivity index (χ0n) is 6.87. The topological polar surface area (TPSA) is 42.1 Å². The molecule has 3 nitrogen and oxygen atoms in total. The fraction of sp³-hybridized carbons (Fsp3) is 0.375. The zero-order valence-corrected chi connectivity index (χ0v) is 8.39. The van der Waals surface area contributed by atoms with Crippen molar-refractivity contribution in [3.8, 4) is 0 Å². The summed E-state index contributed by atoms with van der Waals surface area (Å²) in [6.45, 7) is 1.67. The SMILES string of the molecule is NC1CN(c2cc(Cl)ncc2Cl)C1. The van der Waals surface area contributed by atoms with E-state index in [0.29, 0.717) is 10.2 Å². The van der Waals surface area contributed by atoms with Crippen LogP contribution in [0.2, 0.25) is 10.2 Å². The van der Waals surface area contributed by atoms with Crippen LogP contribution in [0.25, 0.3) is 0 Å². The first-order valence-electron chi connectivity index (χ1n) is 3.98. The van der Waals surface area contributed by atoms with Gasteiger partial charge >= 0.3 is 0 Å². The van der Waals surface area contributed by atoms with Crippen LogP contribution >= 0.6 is 23.2 Å². The van der Waals surface area contributed by atoms with Crippen molar-refractivity contribution in [1.82, 2.24) is 4.98 Å². The molecule has 0 aromatic carbocycles. The highest BCUT2D eigenvalue weighted by molar-refractivity contribution is 6.34. The van der Waals surface area contributed by atoms with Gasteiger partial charge in [0.25, 0.3) is 0 Å². The van der Waals surface area contributed by atoms with Crippen molar-refractivity contribution in [3.63, 3.8) is 0 Å². The standard InChI is InChI=1S/C8H9Cl2N3/c9-6-2-12-8(10)1-7(6)13-3-5(11)4-13/h1-2,5H,3-4,11H2. The first-order valence-corrected chi connectivity index (χ1v) is 4.74. The van der Waals surface area contributed by atoms with Gasteiger partial charge in [0.2, 0.25) is 0 Å². The van der Waals surface area contributed by atoms with Crippen LogP contribution in [0.5, 0.6) is 0 Å². The van der Waals surface area contributed by atoms with Crippen molar-refractivity contribution >= 4 is 28.9 Å². The molecule has 1 aliphatic rings. The van der Waals surface area contributed by atoms with Crippen molar-refractivity contribution in [2.24, 2.45) is 5.73 Å². The second-order valence-corrected chi connectivity index (χ2v) is 3.92. The second-order valence-electron chi connectivity index (χ2n) is 3.12. The number of halogens is 2. The van der Waals surface area contributed by atoms with Crippen LogP contribution < -0.4 is 10.6 Å². The Morgan fingerprint density at radius 2 is 2.15 bits per heavy atom. The highest BCUT2D eigenvalue weighted by atomic mass is 35.5. The number of nitrogens with two attached hydrogens (primary N) is 1. The lowest BCUT2D eigenvalue weighted by Gasteiger charge is -2.39. The Labute approximate surface area is 86.4 Å². The Kier molecular flexibility index (Phi) is 2.32. The molecule has 13 heavy (non-hydrogen) atoms. The lowest BCUT2D eigenvalue weighted by molar-refractivity contribution is 0.519. The molecule has 1 saturated heterocycles. The minimum Gasteiger partial charge on any atom is -0.367 e. The molecule has 1 aromatic rings. The maximum Gasteiger partial charge on any atom is 0.131 e. The Balaban J connectivity index is 2.24. The molecule has 1 aromatic heterocycles. The van der Waals surface area contributed by atoms with Crippen LogP contribution in [0.1, 0.15) is 0 Å². The number of nitrogens with zero attached hydrogens (tertiary/aromatic N) is 2. The van der Waals surface area contributed by atoms with E-state index in [2.05, 4.69) is 9.88 Å². The van der Waals surface area contributed by atoms with E-state index in [9.17, 15) is 0 Å². The fourth-order valence-corrected chi connectivity index (χ4v) is 1.73. The summed E-state index contributed by atoms with van der Waals surface area (Å²) in [7, 11) is 0. The summed E-state index contributed by atoms with van der Waals surface area (Å²) in [5.41, 5.74) is 6.58. The van der Waals surface area contributed by atoms with Crippen LogP contribution in [-0.4, -0.2) is 24.1 Å². The van der Waals surface area contributed by atoms with E-state index in [1.165, 1.54) is 0 Å². The maximum atomic E-state index is 5.95. The molecular weight excluding hydrogens is 209 g/mol. The number of pyridine rings is 1. The normalized spacial score (nSPS) is 17.3. The third-order valence-electron chi connectivity index (χ3n) is 2.05. The summed E-state index contributed by atoms with van der Waals surface area (Å²) in [6, 6.07) is 2.01. The van der Waals surface area contributed by atoms with Gasteiger partial charge in [0.1, 0.15) is 5.15 Å². The van der Waals surface area contributed by atoms with Crippen LogP contribution in [-0.2, 0) is 0 Å². The van der Waals surface area contributed by atoms with Gasteiger partial charge in [-0.15, -0.1) is 0 Å². The quantitative estimate of drug-likeness (QED) is 0.727. The van der Waals surface area contributed by atoms with Crippen molar-refractivity contribution in [3.05, 3.63) is 22.4 Å². The average Bonchev–Trinajstić information content (AvgIpc) is 2.04. The van der Waals surface area contributed by atoms with Gasteiger partial charge in [-0.1, -0.05) is 23.2 Å². The summed E-state index contributed by atoms with van der Waals surface area (Å²) in [5.74, 6) is 0. The second kappa shape index (κ2) is 3.33. The minimum absolute atomic E-state index is 0.253. The van der Waals surface area contributed by atoms with Crippen LogP contribution in [0.3, 0.4) is 0 Å². The number of aromatic nitrogens is 1. The van der Waals surface area contributed by atoms with Gasteiger partial charge in [0.15, 0.2) is 0 Å². The van der Waals surface area contributed by atoms with E-state index in [4.69, 9.17) is 28.9 Å². The molecule has 0 aliphatic carbocycles. The van der Waals surface area contributed by atoms with Crippen molar-refractivity contribution in [1.29, 1.82) is 0 Å². The van der Waals surface area contributed by atoms with Crippen molar-refractivity contribution in [2.45, 2.75) is 6.04 Å². The number of hydrogen-bond acceptors (Lipinski definition) is 3. The van der Waals surface area contributed by atoms with Gasteiger partial charge in [0, 0.05) is 31.4 Å². The Hall–Kier alpha value is -0.510. The largest absolute Gasteiger partial charge is 0.367 e. The van der Waals surface area contributed by atoms with Crippen molar-refractivity contribution in [2.75, 3.05) is 18.0 Å². The highest BCUT2D eigenvalue weighted by Crippen LogP contribution is 2.29. The Morgan fingerprint density at radius 3 is 2.77 bits per heavy atom. The highest BCUT2D eigenvalue weighted by Gasteiger charge is 2.25. The molecule has 0 spiro atoms. The minimum atomic E-state index is 0.253. The van der Waals surface area contributed by atoms with E-state index >= 15 is 0 Å². The number of hydrogen-bond donors (Lipinski definition) is 1. The number of rotatable bonds is 1. The molecule has 2 N–H and O–H groups in total. The molecular formula is C8H9Cl2N3. The van der Waals surface area contributed by atoms with Gasteiger partial charge in [-0.2, -0.15) is 0 Å². The van der Waals surface area contributed by atoms with Gasteiger partial charge in [-0.05, 0) is 0 Å². The summed E-state index contributed by atoms with van der Waals surface area (Å²) in [6.07, 6.45) is 1.56. The molecule has 1 fully saturated rings. The van der Waals surface area contributed by atoms with Crippen LogP contribution in [0.4, 0.5) is 5.69 Å². The van der Waals surface area contributed by atoms with Gasteiger partial charge in [-0.3, -0.25) is 0 Å². The van der Waals surface area contributed by atoms with Gasteiger partial charge in [0.05, 0.1) is 10.7 Å². The third-order valence-corrected chi connectivity index (χ3v) is 2.55. The zero-order chi connectivity index (χ0) is 9.42. The predicted octanol–water partition coefficient (Wildman–Crippen LogP) is 1.54.